The number of aliphatic hydroxyl groups excluding tert-OH is 1. The van der Waals surface area contributed by atoms with Crippen LogP contribution in [0.3, 0.4) is 0 Å². The number of benzene rings is 3. The minimum atomic E-state index is -1.02. The second-order valence-electron chi connectivity index (χ2n) is 10.1. The Kier molecular flexibility index (Phi) is 10.1. The standard InChI is InChI=1S/C29H33NO6.CH4O/c1-29(2,3)36-28(33)30-15-14-25(22-10-12-24(13-11-22)34-19-27(31)32)26(17-30)35-18-20-8-9-21-6-4-5-7-23(21)16-20;1-2/h4-13,16,25-26H,14-15,17-19H2,1-3H3,(H,31,32);2H,1H3. The first kappa shape index (κ1) is 28.9. The third-order valence-corrected chi connectivity index (χ3v) is 6.16. The lowest BCUT2D eigenvalue weighted by Gasteiger charge is -2.39. The van der Waals surface area contributed by atoms with Gasteiger partial charge >= 0.3 is 12.1 Å². The average Bonchev–Trinajstić information content (AvgIpc) is 2.91. The Labute approximate surface area is 223 Å². The van der Waals surface area contributed by atoms with E-state index in [-0.39, 0.29) is 24.7 Å². The highest BCUT2D eigenvalue weighted by Crippen LogP contribution is 2.33. The second kappa shape index (κ2) is 13.3. The first-order valence-electron chi connectivity index (χ1n) is 12.6. The molecule has 1 heterocycles. The van der Waals surface area contributed by atoms with Crippen molar-refractivity contribution in [3.05, 3.63) is 77.9 Å². The lowest BCUT2D eigenvalue weighted by atomic mass is 9.87. The van der Waals surface area contributed by atoms with Crippen molar-refractivity contribution in [1.29, 1.82) is 0 Å². The number of nitrogens with zero attached hydrogens (tertiary/aromatic N) is 1. The third kappa shape index (κ3) is 8.19. The lowest BCUT2D eigenvalue weighted by molar-refractivity contribution is -0.139. The molecule has 1 amide bonds. The number of amides is 1. The van der Waals surface area contributed by atoms with Crippen LogP contribution in [0.15, 0.2) is 66.7 Å². The van der Waals surface area contributed by atoms with Crippen LogP contribution >= 0.6 is 0 Å². The number of piperidine rings is 1. The molecule has 1 saturated heterocycles. The summed E-state index contributed by atoms with van der Waals surface area (Å²) in [6.07, 6.45) is 0.151. The van der Waals surface area contributed by atoms with Gasteiger partial charge in [-0.25, -0.2) is 9.59 Å². The van der Waals surface area contributed by atoms with E-state index in [4.69, 9.17) is 24.4 Å². The number of aliphatic hydroxyl groups is 1. The van der Waals surface area contributed by atoms with E-state index in [1.807, 2.05) is 45.0 Å². The molecule has 4 rings (SSSR count). The van der Waals surface area contributed by atoms with Crippen LogP contribution < -0.4 is 4.74 Å². The maximum absolute atomic E-state index is 12.8. The number of carbonyl (C=O) groups excluding carboxylic acids is 1. The molecule has 0 saturated carbocycles. The Balaban J connectivity index is 0.00000195. The normalized spacial score (nSPS) is 17.3. The van der Waals surface area contributed by atoms with E-state index in [2.05, 4.69) is 30.3 Å². The average molecular weight is 524 g/mol. The highest BCUT2D eigenvalue weighted by Gasteiger charge is 2.35. The molecule has 1 aliphatic heterocycles. The molecule has 0 bridgehead atoms. The SMILES string of the molecule is CC(C)(C)OC(=O)N1CCC(c2ccc(OCC(=O)O)cc2)C(OCc2ccc3ccccc3c2)C1.CO. The van der Waals surface area contributed by atoms with Gasteiger partial charge in [0.25, 0.3) is 0 Å². The van der Waals surface area contributed by atoms with Crippen LogP contribution in [0.25, 0.3) is 10.8 Å². The Bertz CT molecular complexity index is 1200. The molecule has 0 aromatic heterocycles. The zero-order valence-electron chi connectivity index (χ0n) is 22.4. The van der Waals surface area contributed by atoms with E-state index in [9.17, 15) is 9.59 Å². The number of hydrogen-bond donors (Lipinski definition) is 2. The minimum Gasteiger partial charge on any atom is -0.482 e. The first-order chi connectivity index (χ1) is 18.2. The molecule has 2 atom stereocenters. The van der Waals surface area contributed by atoms with Crippen molar-refractivity contribution in [1.82, 2.24) is 4.90 Å². The number of carboxylic acids is 1. The van der Waals surface area contributed by atoms with Gasteiger partial charge in [0.15, 0.2) is 6.61 Å². The van der Waals surface area contributed by atoms with Gasteiger partial charge < -0.3 is 29.3 Å². The van der Waals surface area contributed by atoms with E-state index < -0.39 is 11.6 Å². The third-order valence-electron chi connectivity index (χ3n) is 6.16. The molecule has 2 N–H and O–H groups in total. The van der Waals surface area contributed by atoms with E-state index in [0.29, 0.717) is 25.4 Å². The van der Waals surface area contributed by atoms with Crippen LogP contribution in [0.4, 0.5) is 4.79 Å². The number of likely N-dealkylation sites (tertiary alicyclic amines) is 1. The van der Waals surface area contributed by atoms with Crippen molar-refractivity contribution >= 4 is 22.8 Å². The zero-order chi connectivity index (χ0) is 27.7. The van der Waals surface area contributed by atoms with Gasteiger partial charge in [0.05, 0.1) is 19.3 Å². The molecule has 204 valence electrons. The first-order valence-corrected chi connectivity index (χ1v) is 12.6. The summed E-state index contributed by atoms with van der Waals surface area (Å²) in [6, 6.07) is 21.9. The van der Waals surface area contributed by atoms with Crippen LogP contribution in [-0.2, 0) is 20.9 Å². The molecule has 0 spiro atoms. The van der Waals surface area contributed by atoms with Crippen molar-refractivity contribution in [2.45, 2.75) is 51.4 Å². The summed E-state index contributed by atoms with van der Waals surface area (Å²) in [5.41, 5.74) is 1.56. The van der Waals surface area contributed by atoms with E-state index in [1.165, 1.54) is 5.39 Å². The van der Waals surface area contributed by atoms with Gasteiger partial charge in [-0.2, -0.15) is 0 Å². The monoisotopic (exact) mass is 523 g/mol. The van der Waals surface area contributed by atoms with Crippen LogP contribution in [0, 0.1) is 0 Å². The zero-order valence-corrected chi connectivity index (χ0v) is 22.4. The molecule has 8 heteroatoms. The Morgan fingerprint density at radius 3 is 2.32 bits per heavy atom. The fourth-order valence-electron chi connectivity index (χ4n) is 4.45. The molecule has 0 aliphatic carbocycles. The van der Waals surface area contributed by atoms with Gasteiger partial charge in [-0.05, 0) is 67.3 Å². The molecule has 3 aromatic rings. The lowest BCUT2D eigenvalue weighted by Crippen LogP contribution is -2.48. The summed E-state index contributed by atoms with van der Waals surface area (Å²) in [7, 11) is 1.00. The number of aliphatic carboxylic acids is 1. The molecule has 38 heavy (non-hydrogen) atoms. The number of carbonyl (C=O) groups is 2. The fourth-order valence-corrected chi connectivity index (χ4v) is 4.45. The molecule has 1 fully saturated rings. The largest absolute Gasteiger partial charge is 0.482 e. The number of fused-ring (bicyclic) bond motifs is 1. The number of ether oxygens (including phenoxy) is 3. The van der Waals surface area contributed by atoms with Gasteiger partial charge in [-0.15, -0.1) is 0 Å². The van der Waals surface area contributed by atoms with Crippen molar-refractivity contribution in [2.24, 2.45) is 0 Å². The quantitative estimate of drug-likeness (QED) is 0.437. The topological polar surface area (TPSA) is 106 Å². The number of carboxylic acid groups (broad SMARTS) is 1. The highest BCUT2D eigenvalue weighted by molar-refractivity contribution is 5.82. The fraction of sp³-hybridized carbons (Fsp3) is 0.400. The summed E-state index contributed by atoms with van der Waals surface area (Å²) >= 11 is 0. The molecular formula is C30H37NO7. The maximum atomic E-state index is 12.8. The molecule has 8 nitrogen and oxygen atoms in total. The van der Waals surface area contributed by atoms with E-state index in [0.717, 1.165) is 30.0 Å². The molecular weight excluding hydrogens is 486 g/mol. The van der Waals surface area contributed by atoms with Crippen molar-refractivity contribution in [3.8, 4) is 5.75 Å². The molecule has 1 aliphatic rings. The van der Waals surface area contributed by atoms with Crippen LogP contribution in [0.1, 0.15) is 44.2 Å². The summed E-state index contributed by atoms with van der Waals surface area (Å²) < 4.78 is 17.3. The van der Waals surface area contributed by atoms with Crippen molar-refractivity contribution < 1.29 is 34.0 Å². The predicted molar refractivity (Wildman–Crippen MR) is 145 cm³/mol. The van der Waals surface area contributed by atoms with Crippen molar-refractivity contribution in [2.75, 3.05) is 26.8 Å². The van der Waals surface area contributed by atoms with Gasteiger partial charge in [-0.3, -0.25) is 0 Å². The predicted octanol–water partition coefficient (Wildman–Crippen LogP) is 5.22. The molecule has 2 unspecified atom stereocenters. The number of hydrogen-bond acceptors (Lipinski definition) is 6. The highest BCUT2D eigenvalue weighted by atomic mass is 16.6. The van der Waals surface area contributed by atoms with Gasteiger partial charge in [0.1, 0.15) is 11.4 Å². The van der Waals surface area contributed by atoms with Gasteiger partial charge in [0.2, 0.25) is 0 Å². The minimum absolute atomic E-state index is 0.0673. The Morgan fingerprint density at radius 2 is 1.66 bits per heavy atom. The molecule has 0 radical (unpaired) electrons. The summed E-state index contributed by atoms with van der Waals surface area (Å²) in [6.45, 7) is 6.61. The van der Waals surface area contributed by atoms with Crippen LogP contribution in [-0.4, -0.2) is 65.7 Å². The van der Waals surface area contributed by atoms with Crippen molar-refractivity contribution in [3.63, 3.8) is 0 Å². The molecule has 3 aromatic carbocycles. The van der Waals surface area contributed by atoms with E-state index in [1.54, 1.807) is 17.0 Å². The summed E-state index contributed by atoms with van der Waals surface area (Å²) in [4.78, 5) is 25.3. The van der Waals surface area contributed by atoms with Crippen LogP contribution in [0.2, 0.25) is 0 Å². The van der Waals surface area contributed by atoms with Gasteiger partial charge in [-0.1, -0.05) is 48.5 Å². The summed E-state index contributed by atoms with van der Waals surface area (Å²) in [5, 5.41) is 18.2. The Morgan fingerprint density at radius 1 is 0.974 bits per heavy atom. The number of rotatable bonds is 7. The van der Waals surface area contributed by atoms with E-state index >= 15 is 0 Å². The summed E-state index contributed by atoms with van der Waals surface area (Å²) in [5.74, 6) is -0.450. The second-order valence-corrected chi connectivity index (χ2v) is 10.1. The van der Waals surface area contributed by atoms with Crippen LogP contribution in [0.5, 0.6) is 5.75 Å². The van der Waals surface area contributed by atoms with Gasteiger partial charge in [0, 0.05) is 19.6 Å². The smallest absolute Gasteiger partial charge is 0.410 e. The maximum Gasteiger partial charge on any atom is 0.410 e. The Hall–Kier alpha value is -3.62.